The van der Waals surface area contributed by atoms with Crippen molar-refractivity contribution in [1.29, 1.82) is 0 Å². The molecule has 2 aliphatic heterocycles. The Morgan fingerprint density at radius 1 is 1.23 bits per heavy atom. The van der Waals surface area contributed by atoms with E-state index in [1.165, 1.54) is 11.1 Å². The third-order valence-corrected chi connectivity index (χ3v) is 5.56. The smallest absolute Gasteiger partial charge is 0.242 e. The standard InChI is InChI=1S/C21H22BrN3O/c22-17-8-9-18-16(13-17)14-25-19(10-11-20(25)24-18)21(26)23-12-4-7-15-5-2-1-3-6-15/h1-3,5-6,8-9,13,19H,4,7,10-12,14H2,(H,23,26)/t19-/m1/s1. The minimum atomic E-state index is -0.0994. The van der Waals surface area contributed by atoms with Gasteiger partial charge in [0.2, 0.25) is 5.91 Å². The molecule has 1 N–H and O–H groups in total. The summed E-state index contributed by atoms with van der Waals surface area (Å²) in [5.41, 5.74) is 3.52. The van der Waals surface area contributed by atoms with Crippen LogP contribution in [-0.4, -0.2) is 29.2 Å². The quantitative estimate of drug-likeness (QED) is 0.748. The highest BCUT2D eigenvalue weighted by molar-refractivity contribution is 9.10. The number of fused-ring (bicyclic) bond motifs is 2. The molecule has 0 spiro atoms. The molecule has 1 saturated heterocycles. The summed E-state index contributed by atoms with van der Waals surface area (Å²) in [6, 6.07) is 16.5. The van der Waals surface area contributed by atoms with Gasteiger partial charge in [-0.05, 0) is 48.6 Å². The first-order valence-electron chi connectivity index (χ1n) is 9.15. The van der Waals surface area contributed by atoms with E-state index in [2.05, 4.69) is 56.5 Å². The number of carbonyl (C=O) groups is 1. The predicted octanol–water partition coefficient (Wildman–Crippen LogP) is 4.21. The average molecular weight is 412 g/mol. The number of rotatable bonds is 5. The maximum absolute atomic E-state index is 12.7. The molecule has 5 heteroatoms. The average Bonchev–Trinajstić information content (AvgIpc) is 3.07. The Labute approximate surface area is 162 Å². The molecule has 2 aliphatic rings. The maximum Gasteiger partial charge on any atom is 0.242 e. The molecule has 0 unspecified atom stereocenters. The summed E-state index contributed by atoms with van der Waals surface area (Å²) in [6.07, 6.45) is 3.67. The van der Waals surface area contributed by atoms with E-state index in [1.807, 2.05) is 18.2 Å². The Hall–Kier alpha value is -2.14. The Bertz CT molecular complexity index is 834. The van der Waals surface area contributed by atoms with Crippen molar-refractivity contribution in [2.45, 2.75) is 38.3 Å². The van der Waals surface area contributed by atoms with E-state index < -0.39 is 0 Å². The zero-order valence-electron chi connectivity index (χ0n) is 14.6. The summed E-state index contributed by atoms with van der Waals surface area (Å²) in [4.78, 5) is 19.6. The van der Waals surface area contributed by atoms with Crippen molar-refractivity contribution in [2.24, 2.45) is 4.99 Å². The van der Waals surface area contributed by atoms with Crippen LogP contribution in [0.25, 0.3) is 0 Å². The summed E-state index contributed by atoms with van der Waals surface area (Å²) in [5.74, 6) is 1.17. The molecule has 4 rings (SSSR count). The number of carbonyl (C=O) groups excluding carboxylic acids is 1. The SMILES string of the molecule is O=C(NCCCc1ccccc1)[C@H]1CCC2=Nc3ccc(Br)cc3CN21. The molecule has 4 nitrogen and oxygen atoms in total. The van der Waals surface area contributed by atoms with Crippen molar-refractivity contribution in [3.8, 4) is 0 Å². The second-order valence-electron chi connectivity index (χ2n) is 6.86. The van der Waals surface area contributed by atoms with Crippen LogP contribution in [0.2, 0.25) is 0 Å². The van der Waals surface area contributed by atoms with Crippen molar-refractivity contribution in [1.82, 2.24) is 10.2 Å². The molecule has 134 valence electrons. The molecule has 0 saturated carbocycles. The van der Waals surface area contributed by atoms with E-state index >= 15 is 0 Å². The minimum absolute atomic E-state index is 0.0994. The molecule has 0 aliphatic carbocycles. The van der Waals surface area contributed by atoms with Crippen LogP contribution in [0.5, 0.6) is 0 Å². The van der Waals surface area contributed by atoms with Gasteiger partial charge in [0, 0.05) is 24.0 Å². The molecule has 2 heterocycles. The molecule has 2 aromatic rings. The van der Waals surface area contributed by atoms with E-state index in [0.29, 0.717) is 6.54 Å². The van der Waals surface area contributed by atoms with E-state index in [1.54, 1.807) is 0 Å². The van der Waals surface area contributed by atoms with Gasteiger partial charge < -0.3 is 10.2 Å². The monoisotopic (exact) mass is 411 g/mol. The van der Waals surface area contributed by atoms with Gasteiger partial charge in [0.15, 0.2) is 0 Å². The van der Waals surface area contributed by atoms with Gasteiger partial charge in [0.05, 0.1) is 5.69 Å². The summed E-state index contributed by atoms with van der Waals surface area (Å²) in [6.45, 7) is 1.47. The van der Waals surface area contributed by atoms with Gasteiger partial charge >= 0.3 is 0 Å². The third-order valence-electron chi connectivity index (χ3n) is 5.07. The second-order valence-corrected chi connectivity index (χ2v) is 7.78. The number of aliphatic imine (C=N–C) groups is 1. The number of hydrogen-bond donors (Lipinski definition) is 1. The van der Waals surface area contributed by atoms with Gasteiger partial charge in [0.25, 0.3) is 0 Å². The molecular formula is C21H22BrN3O. The number of halogens is 1. The largest absolute Gasteiger partial charge is 0.354 e. The number of benzene rings is 2. The van der Waals surface area contributed by atoms with E-state index in [0.717, 1.165) is 48.2 Å². The van der Waals surface area contributed by atoms with Crippen molar-refractivity contribution >= 4 is 33.4 Å². The van der Waals surface area contributed by atoms with Crippen LogP contribution < -0.4 is 5.32 Å². The summed E-state index contributed by atoms with van der Waals surface area (Å²) >= 11 is 3.52. The lowest BCUT2D eigenvalue weighted by atomic mass is 10.1. The van der Waals surface area contributed by atoms with Crippen molar-refractivity contribution in [3.05, 3.63) is 64.1 Å². The molecule has 26 heavy (non-hydrogen) atoms. The zero-order valence-corrected chi connectivity index (χ0v) is 16.2. The van der Waals surface area contributed by atoms with E-state index in [4.69, 9.17) is 4.99 Å². The van der Waals surface area contributed by atoms with Crippen LogP contribution in [0, 0.1) is 0 Å². The third kappa shape index (κ3) is 3.68. The molecule has 0 bridgehead atoms. The number of hydrogen-bond acceptors (Lipinski definition) is 3. The van der Waals surface area contributed by atoms with Gasteiger partial charge in [-0.15, -0.1) is 0 Å². The Balaban J connectivity index is 1.33. The van der Waals surface area contributed by atoms with Crippen molar-refractivity contribution in [3.63, 3.8) is 0 Å². The Morgan fingerprint density at radius 3 is 2.92 bits per heavy atom. The lowest BCUT2D eigenvalue weighted by Gasteiger charge is -2.30. The first kappa shape index (κ1) is 17.3. The predicted molar refractivity (Wildman–Crippen MR) is 108 cm³/mol. The van der Waals surface area contributed by atoms with Gasteiger partial charge in [-0.3, -0.25) is 4.79 Å². The summed E-state index contributed by atoms with van der Waals surface area (Å²) in [7, 11) is 0. The van der Waals surface area contributed by atoms with Crippen LogP contribution >= 0.6 is 15.9 Å². The lowest BCUT2D eigenvalue weighted by molar-refractivity contribution is -0.124. The minimum Gasteiger partial charge on any atom is -0.354 e. The van der Waals surface area contributed by atoms with Gasteiger partial charge in [0.1, 0.15) is 11.9 Å². The molecule has 1 atom stereocenters. The fourth-order valence-corrected chi connectivity index (χ4v) is 4.13. The molecule has 2 aromatic carbocycles. The Morgan fingerprint density at radius 2 is 2.08 bits per heavy atom. The summed E-state index contributed by atoms with van der Waals surface area (Å²) < 4.78 is 1.05. The normalized spacial score (nSPS) is 18.1. The fraction of sp³-hybridized carbons (Fsp3) is 0.333. The highest BCUT2D eigenvalue weighted by Crippen LogP contribution is 2.34. The van der Waals surface area contributed by atoms with Crippen molar-refractivity contribution < 1.29 is 4.79 Å². The number of amidine groups is 1. The number of aryl methyl sites for hydroxylation is 1. The van der Waals surface area contributed by atoms with Gasteiger partial charge in [-0.2, -0.15) is 0 Å². The number of nitrogens with zero attached hydrogens (tertiary/aromatic N) is 2. The van der Waals surface area contributed by atoms with E-state index in [9.17, 15) is 4.79 Å². The zero-order chi connectivity index (χ0) is 17.9. The molecule has 0 aromatic heterocycles. The first-order valence-corrected chi connectivity index (χ1v) is 9.94. The van der Waals surface area contributed by atoms with Crippen LogP contribution in [-0.2, 0) is 17.8 Å². The lowest BCUT2D eigenvalue weighted by Crippen LogP contribution is -2.45. The highest BCUT2D eigenvalue weighted by Gasteiger charge is 2.36. The van der Waals surface area contributed by atoms with Crippen LogP contribution in [0.3, 0.4) is 0 Å². The highest BCUT2D eigenvalue weighted by atomic mass is 79.9. The van der Waals surface area contributed by atoms with E-state index in [-0.39, 0.29) is 11.9 Å². The van der Waals surface area contributed by atoms with Gasteiger partial charge in [-0.25, -0.2) is 4.99 Å². The number of nitrogens with one attached hydrogen (secondary N) is 1. The molecular weight excluding hydrogens is 390 g/mol. The van der Waals surface area contributed by atoms with Crippen LogP contribution in [0.15, 0.2) is 58.0 Å². The first-order chi connectivity index (χ1) is 12.7. The van der Waals surface area contributed by atoms with Crippen molar-refractivity contribution in [2.75, 3.05) is 6.54 Å². The summed E-state index contributed by atoms with van der Waals surface area (Å²) in [5, 5.41) is 3.12. The fourth-order valence-electron chi connectivity index (χ4n) is 3.72. The molecule has 1 fully saturated rings. The topological polar surface area (TPSA) is 44.7 Å². The van der Waals surface area contributed by atoms with Crippen LogP contribution in [0.1, 0.15) is 30.4 Å². The second kappa shape index (κ2) is 7.62. The van der Waals surface area contributed by atoms with Crippen LogP contribution in [0.4, 0.5) is 5.69 Å². The Kier molecular flexibility index (Phi) is 5.07. The maximum atomic E-state index is 12.7. The number of amides is 1. The molecule has 0 radical (unpaired) electrons. The molecule has 1 amide bonds. The van der Waals surface area contributed by atoms with Gasteiger partial charge in [-0.1, -0.05) is 46.3 Å².